The Balaban J connectivity index is 1.76. The standard InChI is InChI=1S/C23H28ClN3/c1-14(2)17-9-11-20-19(13-25-27-20)22(17)21-12-10-18(15(3)26-21)23(24)16-7-5-4-6-8-16/h9-14,16,23H,4-8H2,1-3H3,(H,25,27). The van der Waals surface area contributed by atoms with Crippen molar-refractivity contribution in [2.24, 2.45) is 5.92 Å². The van der Waals surface area contributed by atoms with E-state index in [0.29, 0.717) is 11.8 Å². The summed E-state index contributed by atoms with van der Waals surface area (Å²) in [7, 11) is 0. The second-order valence-corrected chi connectivity index (χ2v) is 8.66. The predicted octanol–water partition coefficient (Wildman–Crippen LogP) is 6.92. The summed E-state index contributed by atoms with van der Waals surface area (Å²) >= 11 is 6.89. The number of hydrogen-bond acceptors (Lipinski definition) is 2. The second-order valence-electron chi connectivity index (χ2n) is 8.19. The van der Waals surface area contributed by atoms with Gasteiger partial charge >= 0.3 is 0 Å². The Morgan fingerprint density at radius 2 is 1.78 bits per heavy atom. The zero-order valence-electron chi connectivity index (χ0n) is 16.4. The number of nitrogens with one attached hydrogen (secondary N) is 1. The van der Waals surface area contributed by atoms with Gasteiger partial charge in [0.05, 0.1) is 22.8 Å². The van der Waals surface area contributed by atoms with Crippen molar-refractivity contribution in [3.63, 3.8) is 0 Å². The van der Waals surface area contributed by atoms with Crippen LogP contribution < -0.4 is 0 Å². The van der Waals surface area contributed by atoms with Crippen molar-refractivity contribution < 1.29 is 0 Å². The Morgan fingerprint density at radius 3 is 2.48 bits per heavy atom. The van der Waals surface area contributed by atoms with Gasteiger partial charge in [-0.25, -0.2) is 0 Å². The predicted molar refractivity (Wildman–Crippen MR) is 113 cm³/mol. The highest BCUT2D eigenvalue weighted by molar-refractivity contribution is 6.21. The topological polar surface area (TPSA) is 41.6 Å². The molecule has 4 rings (SSSR count). The van der Waals surface area contributed by atoms with Crippen molar-refractivity contribution in [1.29, 1.82) is 0 Å². The lowest BCUT2D eigenvalue weighted by molar-refractivity contribution is 0.347. The van der Waals surface area contributed by atoms with E-state index in [1.165, 1.54) is 48.8 Å². The van der Waals surface area contributed by atoms with Gasteiger partial charge in [0.2, 0.25) is 0 Å². The third kappa shape index (κ3) is 3.50. The molecule has 2 aromatic heterocycles. The average Bonchev–Trinajstić information content (AvgIpc) is 3.16. The van der Waals surface area contributed by atoms with Crippen LogP contribution in [0.15, 0.2) is 30.5 Å². The van der Waals surface area contributed by atoms with Crippen molar-refractivity contribution in [3.8, 4) is 11.3 Å². The number of aromatic amines is 1. The molecule has 1 saturated carbocycles. The van der Waals surface area contributed by atoms with Gasteiger partial charge in [-0.1, -0.05) is 45.2 Å². The number of nitrogens with zero attached hydrogens (tertiary/aromatic N) is 2. The van der Waals surface area contributed by atoms with Gasteiger partial charge in [-0.15, -0.1) is 11.6 Å². The Hall–Kier alpha value is -1.87. The fourth-order valence-corrected chi connectivity index (χ4v) is 4.97. The van der Waals surface area contributed by atoms with E-state index in [1.807, 2.05) is 6.20 Å². The molecule has 0 aliphatic heterocycles. The molecule has 142 valence electrons. The van der Waals surface area contributed by atoms with Gasteiger partial charge in [0.15, 0.2) is 0 Å². The molecule has 2 heterocycles. The van der Waals surface area contributed by atoms with Crippen LogP contribution in [0, 0.1) is 12.8 Å². The Kier molecular flexibility index (Phi) is 5.23. The first-order chi connectivity index (χ1) is 13.1. The molecule has 0 bridgehead atoms. The maximum atomic E-state index is 6.89. The van der Waals surface area contributed by atoms with Gasteiger partial charge < -0.3 is 0 Å². The zero-order valence-corrected chi connectivity index (χ0v) is 17.2. The van der Waals surface area contributed by atoms with Crippen molar-refractivity contribution in [1.82, 2.24) is 15.2 Å². The number of rotatable bonds is 4. The Labute approximate surface area is 166 Å². The molecule has 1 unspecified atom stereocenters. The van der Waals surface area contributed by atoms with Gasteiger partial charge in [-0.3, -0.25) is 10.1 Å². The number of pyridine rings is 1. The third-order valence-electron chi connectivity index (χ3n) is 6.02. The van der Waals surface area contributed by atoms with Crippen LogP contribution in [0.25, 0.3) is 22.2 Å². The van der Waals surface area contributed by atoms with Crippen LogP contribution in [0.5, 0.6) is 0 Å². The number of benzene rings is 1. The van der Waals surface area contributed by atoms with E-state index in [4.69, 9.17) is 16.6 Å². The van der Waals surface area contributed by atoms with E-state index < -0.39 is 0 Å². The Morgan fingerprint density at radius 1 is 1.04 bits per heavy atom. The first-order valence-corrected chi connectivity index (χ1v) is 10.6. The van der Waals surface area contributed by atoms with Crippen LogP contribution in [0.1, 0.15) is 74.1 Å². The van der Waals surface area contributed by atoms with E-state index in [0.717, 1.165) is 22.3 Å². The van der Waals surface area contributed by atoms with Gasteiger partial charge in [0.25, 0.3) is 0 Å². The summed E-state index contributed by atoms with van der Waals surface area (Å²) in [4.78, 5) is 5.01. The molecule has 4 heteroatoms. The van der Waals surface area contributed by atoms with Gasteiger partial charge in [0.1, 0.15) is 0 Å². The summed E-state index contributed by atoms with van der Waals surface area (Å²) < 4.78 is 0. The quantitative estimate of drug-likeness (QED) is 0.498. The molecule has 1 aliphatic rings. The molecule has 3 nitrogen and oxygen atoms in total. The molecule has 1 atom stereocenters. The number of halogens is 1. The normalized spacial score (nSPS) is 16.9. The number of alkyl halides is 1. The van der Waals surface area contributed by atoms with E-state index in [1.54, 1.807) is 0 Å². The molecule has 0 radical (unpaired) electrons. The van der Waals surface area contributed by atoms with Crippen molar-refractivity contribution >= 4 is 22.5 Å². The minimum absolute atomic E-state index is 0.0705. The summed E-state index contributed by atoms with van der Waals surface area (Å²) in [5.41, 5.74) is 6.80. The average molecular weight is 382 g/mol. The highest BCUT2D eigenvalue weighted by atomic mass is 35.5. The highest BCUT2D eigenvalue weighted by Gasteiger charge is 2.25. The summed E-state index contributed by atoms with van der Waals surface area (Å²) in [6.07, 6.45) is 8.34. The SMILES string of the molecule is Cc1nc(-c2c(C(C)C)ccc3[nH]ncc23)ccc1C(Cl)C1CCCCC1. The maximum absolute atomic E-state index is 6.89. The van der Waals surface area contributed by atoms with Gasteiger partial charge in [-0.05, 0) is 54.9 Å². The number of aryl methyl sites for hydroxylation is 1. The van der Waals surface area contributed by atoms with E-state index in [-0.39, 0.29) is 5.38 Å². The highest BCUT2D eigenvalue weighted by Crippen LogP contribution is 2.41. The molecule has 1 N–H and O–H groups in total. The monoisotopic (exact) mass is 381 g/mol. The lowest BCUT2D eigenvalue weighted by Crippen LogP contribution is -2.13. The fourth-order valence-electron chi connectivity index (χ4n) is 4.48. The third-order valence-corrected chi connectivity index (χ3v) is 6.61. The number of H-pyrrole nitrogens is 1. The molecule has 0 saturated heterocycles. The van der Waals surface area contributed by atoms with Crippen LogP contribution >= 0.6 is 11.6 Å². The van der Waals surface area contributed by atoms with E-state index in [9.17, 15) is 0 Å². The smallest absolute Gasteiger partial charge is 0.0715 e. The lowest BCUT2D eigenvalue weighted by atomic mass is 9.84. The molecule has 0 amide bonds. The van der Waals surface area contributed by atoms with Crippen LogP contribution in [-0.4, -0.2) is 15.2 Å². The van der Waals surface area contributed by atoms with Crippen LogP contribution in [0.3, 0.4) is 0 Å². The minimum Gasteiger partial charge on any atom is -0.278 e. The largest absolute Gasteiger partial charge is 0.278 e. The van der Waals surface area contributed by atoms with Crippen molar-refractivity contribution in [2.75, 3.05) is 0 Å². The number of fused-ring (bicyclic) bond motifs is 1. The molecule has 1 aromatic carbocycles. The van der Waals surface area contributed by atoms with Crippen LogP contribution in [-0.2, 0) is 0 Å². The van der Waals surface area contributed by atoms with Gasteiger partial charge in [0, 0.05) is 16.6 Å². The second kappa shape index (κ2) is 7.63. The molecule has 1 fully saturated rings. The number of aromatic nitrogens is 3. The molecule has 27 heavy (non-hydrogen) atoms. The molecular weight excluding hydrogens is 354 g/mol. The summed E-state index contributed by atoms with van der Waals surface area (Å²) in [6.45, 7) is 6.55. The Bertz CT molecular complexity index is 938. The summed E-state index contributed by atoms with van der Waals surface area (Å²) in [5, 5.41) is 8.53. The van der Waals surface area contributed by atoms with Crippen molar-refractivity contribution in [2.45, 2.75) is 64.2 Å². The van der Waals surface area contributed by atoms with Crippen LogP contribution in [0.2, 0.25) is 0 Å². The fraction of sp³-hybridized carbons (Fsp3) is 0.478. The van der Waals surface area contributed by atoms with Gasteiger partial charge in [-0.2, -0.15) is 5.10 Å². The summed E-state index contributed by atoms with van der Waals surface area (Å²) in [5.74, 6) is 0.999. The van der Waals surface area contributed by atoms with E-state index in [2.05, 4.69) is 55.2 Å². The van der Waals surface area contributed by atoms with Crippen LogP contribution in [0.4, 0.5) is 0 Å². The number of hydrogen-bond donors (Lipinski definition) is 1. The first kappa shape index (κ1) is 18.5. The van der Waals surface area contributed by atoms with E-state index >= 15 is 0 Å². The molecule has 1 aliphatic carbocycles. The maximum Gasteiger partial charge on any atom is 0.0715 e. The molecular formula is C23H28ClN3. The first-order valence-electron chi connectivity index (χ1n) is 10.1. The lowest BCUT2D eigenvalue weighted by Gasteiger charge is -2.27. The molecule has 0 spiro atoms. The zero-order chi connectivity index (χ0) is 19.0. The minimum atomic E-state index is 0.0705. The van der Waals surface area contributed by atoms with Crippen molar-refractivity contribution in [3.05, 3.63) is 47.3 Å². The molecule has 3 aromatic rings. The summed E-state index contributed by atoms with van der Waals surface area (Å²) in [6, 6.07) is 8.65.